The predicted molar refractivity (Wildman–Crippen MR) is 104 cm³/mol. The highest BCUT2D eigenvalue weighted by atomic mass is 16.3. The maximum atomic E-state index is 11.8. The first kappa shape index (κ1) is 17.4. The second-order valence-electron chi connectivity index (χ2n) is 6.39. The lowest BCUT2D eigenvalue weighted by atomic mass is 9.93. The molecule has 2 aromatic rings. The zero-order valence-electron chi connectivity index (χ0n) is 14.7. The molecule has 1 aliphatic carbocycles. The molecule has 0 atom stereocenters. The summed E-state index contributed by atoms with van der Waals surface area (Å²) in [6.07, 6.45) is 0. The fourth-order valence-electron chi connectivity index (χ4n) is 3.17. The van der Waals surface area contributed by atoms with Gasteiger partial charge in [-0.3, -0.25) is 9.59 Å². The van der Waals surface area contributed by atoms with Gasteiger partial charge in [-0.2, -0.15) is 0 Å². The summed E-state index contributed by atoms with van der Waals surface area (Å²) in [5, 5.41) is 32.9. The SMILES string of the molecule is CC(=O)Nc1ccc(-c2c3cc(O)c(=O)cc-3oc3cc(O)c(O)cc23)cc1. The number of rotatable bonds is 2. The van der Waals surface area contributed by atoms with Gasteiger partial charge in [-0.1, -0.05) is 12.1 Å². The minimum Gasteiger partial charge on any atom is -0.504 e. The van der Waals surface area contributed by atoms with E-state index in [0.717, 1.165) is 0 Å². The van der Waals surface area contributed by atoms with Crippen molar-refractivity contribution in [3.05, 3.63) is 58.8 Å². The summed E-state index contributed by atoms with van der Waals surface area (Å²) in [6, 6.07) is 12.0. The maximum absolute atomic E-state index is 11.8. The molecule has 28 heavy (non-hydrogen) atoms. The fraction of sp³-hybridized carbons (Fsp3) is 0.0476. The highest BCUT2D eigenvalue weighted by molar-refractivity contribution is 6.03. The summed E-state index contributed by atoms with van der Waals surface area (Å²) in [5.41, 5.74) is 2.02. The number of fused-ring (bicyclic) bond motifs is 2. The second-order valence-corrected chi connectivity index (χ2v) is 6.39. The Morgan fingerprint density at radius 3 is 2.29 bits per heavy atom. The molecule has 2 aromatic carbocycles. The molecule has 0 saturated heterocycles. The molecule has 0 fully saturated rings. The van der Waals surface area contributed by atoms with Gasteiger partial charge in [-0.25, -0.2) is 0 Å². The lowest BCUT2D eigenvalue weighted by molar-refractivity contribution is -0.114. The number of carbonyl (C=O) groups excluding carboxylic acids is 1. The number of hydrogen-bond donors (Lipinski definition) is 4. The Hall–Kier alpha value is -4.00. The van der Waals surface area contributed by atoms with Crippen LogP contribution in [0.25, 0.3) is 33.4 Å². The molecule has 2 aliphatic rings. The molecule has 7 heteroatoms. The van der Waals surface area contributed by atoms with Crippen molar-refractivity contribution in [2.75, 3.05) is 5.32 Å². The van der Waals surface area contributed by atoms with E-state index < -0.39 is 11.2 Å². The highest BCUT2D eigenvalue weighted by Gasteiger charge is 2.20. The highest BCUT2D eigenvalue weighted by Crippen LogP contribution is 2.43. The van der Waals surface area contributed by atoms with Gasteiger partial charge in [-0.15, -0.1) is 0 Å². The molecule has 0 saturated carbocycles. The minimum atomic E-state index is -0.592. The Morgan fingerprint density at radius 2 is 1.61 bits per heavy atom. The smallest absolute Gasteiger partial charge is 0.223 e. The number of aromatic hydroxyl groups is 3. The average molecular weight is 377 g/mol. The molecule has 1 aliphatic heterocycles. The summed E-state index contributed by atoms with van der Waals surface area (Å²) in [4.78, 5) is 23.1. The van der Waals surface area contributed by atoms with Gasteiger partial charge in [0, 0.05) is 41.3 Å². The van der Waals surface area contributed by atoms with E-state index in [0.29, 0.717) is 27.8 Å². The number of carbonyl (C=O) groups is 1. The van der Waals surface area contributed by atoms with Crippen LogP contribution in [0.5, 0.6) is 17.2 Å². The third-order valence-electron chi connectivity index (χ3n) is 4.39. The van der Waals surface area contributed by atoms with E-state index >= 15 is 0 Å². The van der Waals surface area contributed by atoms with Crippen LogP contribution in [0.15, 0.2) is 57.7 Å². The van der Waals surface area contributed by atoms with Crippen molar-refractivity contribution in [1.29, 1.82) is 0 Å². The van der Waals surface area contributed by atoms with Crippen LogP contribution in [-0.2, 0) is 4.79 Å². The van der Waals surface area contributed by atoms with Crippen molar-refractivity contribution in [2.24, 2.45) is 0 Å². The number of amides is 1. The van der Waals surface area contributed by atoms with Crippen LogP contribution in [0.2, 0.25) is 0 Å². The van der Waals surface area contributed by atoms with E-state index in [-0.39, 0.29) is 28.7 Å². The molecule has 4 N–H and O–H groups in total. The summed E-state index contributed by atoms with van der Waals surface area (Å²) in [5.74, 6) is -1.09. The van der Waals surface area contributed by atoms with Gasteiger partial charge in [-0.05, 0) is 29.8 Å². The quantitative estimate of drug-likeness (QED) is 0.313. The van der Waals surface area contributed by atoms with E-state index in [1.54, 1.807) is 24.3 Å². The average Bonchev–Trinajstić information content (AvgIpc) is 2.63. The number of hydrogen-bond acceptors (Lipinski definition) is 6. The summed E-state index contributed by atoms with van der Waals surface area (Å²) >= 11 is 0. The Balaban J connectivity index is 2.06. The molecule has 0 radical (unpaired) electrons. The minimum absolute atomic E-state index is 0.199. The molecular formula is C21H15NO6. The number of phenols is 3. The lowest BCUT2D eigenvalue weighted by Crippen LogP contribution is -2.05. The maximum Gasteiger partial charge on any atom is 0.223 e. The topological polar surface area (TPSA) is 120 Å². The zero-order valence-corrected chi connectivity index (χ0v) is 14.7. The van der Waals surface area contributed by atoms with Crippen LogP contribution in [0, 0.1) is 0 Å². The molecule has 0 spiro atoms. The first-order chi connectivity index (χ1) is 13.3. The van der Waals surface area contributed by atoms with E-state index in [2.05, 4.69) is 5.32 Å². The van der Waals surface area contributed by atoms with Crippen molar-refractivity contribution < 1.29 is 24.5 Å². The third kappa shape index (κ3) is 2.88. The molecule has 0 aromatic heterocycles. The molecule has 0 unspecified atom stereocenters. The van der Waals surface area contributed by atoms with Crippen molar-refractivity contribution >= 4 is 22.6 Å². The normalized spacial score (nSPS) is 11.0. The van der Waals surface area contributed by atoms with Crippen LogP contribution in [0.4, 0.5) is 5.69 Å². The first-order valence-corrected chi connectivity index (χ1v) is 8.37. The molecule has 4 rings (SSSR count). The lowest BCUT2D eigenvalue weighted by Gasteiger charge is -2.16. The zero-order chi connectivity index (χ0) is 20.0. The van der Waals surface area contributed by atoms with Gasteiger partial charge in [0.25, 0.3) is 0 Å². The molecule has 1 amide bonds. The second kappa shape index (κ2) is 6.31. The van der Waals surface area contributed by atoms with Gasteiger partial charge >= 0.3 is 0 Å². The van der Waals surface area contributed by atoms with Crippen LogP contribution in [-0.4, -0.2) is 21.2 Å². The molecule has 7 nitrogen and oxygen atoms in total. The van der Waals surface area contributed by atoms with E-state index in [9.17, 15) is 24.9 Å². The number of nitrogens with one attached hydrogen (secondary N) is 1. The summed E-state index contributed by atoms with van der Waals surface area (Å²) in [6.45, 7) is 1.41. The Bertz CT molecular complexity index is 1260. The number of phenolic OH excluding ortho intramolecular Hbond substituents is 3. The van der Waals surface area contributed by atoms with Gasteiger partial charge in [0.1, 0.15) is 11.3 Å². The van der Waals surface area contributed by atoms with Crippen molar-refractivity contribution in [3.63, 3.8) is 0 Å². The Labute approximate surface area is 158 Å². The van der Waals surface area contributed by atoms with E-state index in [1.807, 2.05) is 0 Å². The van der Waals surface area contributed by atoms with Crippen LogP contribution < -0.4 is 10.7 Å². The van der Waals surface area contributed by atoms with Gasteiger partial charge < -0.3 is 25.1 Å². The van der Waals surface area contributed by atoms with Crippen LogP contribution in [0.3, 0.4) is 0 Å². The first-order valence-electron chi connectivity index (χ1n) is 8.37. The van der Waals surface area contributed by atoms with Crippen molar-refractivity contribution in [1.82, 2.24) is 0 Å². The Kier molecular flexibility index (Phi) is 3.93. The number of benzene rings is 3. The monoisotopic (exact) mass is 377 g/mol. The van der Waals surface area contributed by atoms with Gasteiger partial charge in [0.15, 0.2) is 17.2 Å². The van der Waals surface area contributed by atoms with E-state index in [1.165, 1.54) is 31.2 Å². The third-order valence-corrected chi connectivity index (χ3v) is 4.39. The standard InChI is InChI=1S/C21H15NO6/c1-10(23)22-12-4-2-11(3-5-12)21-13-6-15(24)17(26)8-19(13)28-20-9-18(27)16(25)7-14(20)21/h2-9,24-26H,1H3,(H,22,23). The predicted octanol–water partition coefficient (Wildman–Crippen LogP) is 3.64. The molecule has 140 valence electrons. The van der Waals surface area contributed by atoms with Crippen molar-refractivity contribution in [2.45, 2.75) is 6.92 Å². The van der Waals surface area contributed by atoms with E-state index in [4.69, 9.17) is 4.42 Å². The van der Waals surface area contributed by atoms with Crippen LogP contribution in [0.1, 0.15) is 6.92 Å². The number of anilines is 1. The van der Waals surface area contributed by atoms with Crippen molar-refractivity contribution in [3.8, 4) is 39.7 Å². The molecule has 1 heterocycles. The summed E-state index contributed by atoms with van der Waals surface area (Å²) < 4.78 is 5.72. The molecule has 0 bridgehead atoms. The Morgan fingerprint density at radius 1 is 0.929 bits per heavy atom. The largest absolute Gasteiger partial charge is 0.504 e. The molecular weight excluding hydrogens is 362 g/mol. The fourth-order valence-corrected chi connectivity index (χ4v) is 3.17. The summed E-state index contributed by atoms with van der Waals surface area (Å²) in [7, 11) is 0. The van der Waals surface area contributed by atoms with Gasteiger partial charge in [0.2, 0.25) is 11.3 Å². The van der Waals surface area contributed by atoms with Gasteiger partial charge in [0.05, 0.1) is 0 Å². The van der Waals surface area contributed by atoms with Crippen LogP contribution >= 0.6 is 0 Å².